The number of para-hydroxylation sites is 4. The third-order valence-electron chi connectivity index (χ3n) is 17.5. The standard InChI is InChI=1S/C22H20N2O2.C21H17BrN2OS.C21H17ClN2OS.C20H17N3O2/c1-15-7-9-17(10-8-15)13-24-14-20(19-5-3-4-6-21(19)24)23-22(25)18-11-12-26-16(18)2;1-14-6-8-15(9-7-14)10-24-11-19(16-4-2-3-5-20(16)24)23-21(25)17-12-26-13-18(17)22;1-14-6-8-15(9-7-14)12-24-13-18(16-4-2-3-5-19(16)24)23-21(25)20-17(22)10-11-26-20;1-14-6-8-15(9-7-14)11-23-12-17(16-4-2-3-5-18(16)23)22-20(24)19-10-21-13-25-19/h3-12,14H,13H2,1-2H3,(H,23,25);2-9,11-13H,10H2,1H3,(H,23,25);2-11,13H,12H2,1H3,(H,23,25);2-10,12-13H,11H2,1H3,(H,22,24). The van der Waals surface area contributed by atoms with E-state index in [-0.39, 0.29) is 29.4 Å². The van der Waals surface area contributed by atoms with E-state index in [1.165, 1.54) is 86.0 Å². The Morgan fingerprint density at radius 3 is 1.11 bits per heavy atom. The molecule has 4 amide bonds. The third kappa shape index (κ3) is 16.8. The first kappa shape index (κ1) is 69.9. The van der Waals surface area contributed by atoms with Crippen LogP contribution in [0, 0.1) is 34.6 Å². The van der Waals surface area contributed by atoms with Crippen molar-refractivity contribution >= 4 is 140 Å². The average Bonchev–Trinajstić information content (AvgIpc) is 1.67. The van der Waals surface area contributed by atoms with E-state index in [2.05, 4.69) is 203 Å². The van der Waals surface area contributed by atoms with E-state index in [4.69, 9.17) is 20.4 Å². The predicted octanol–water partition coefficient (Wildman–Crippen LogP) is 21.4. The number of amides is 4. The summed E-state index contributed by atoms with van der Waals surface area (Å²) < 4.78 is 19.8. The van der Waals surface area contributed by atoms with Crippen LogP contribution in [0.3, 0.4) is 0 Å². The van der Waals surface area contributed by atoms with Crippen molar-refractivity contribution in [3.05, 3.63) is 348 Å². The van der Waals surface area contributed by atoms with Crippen LogP contribution < -0.4 is 21.3 Å². The van der Waals surface area contributed by atoms with Gasteiger partial charge in [-0.3, -0.25) is 19.2 Å². The molecule has 0 saturated heterocycles. The van der Waals surface area contributed by atoms with Crippen molar-refractivity contribution in [2.24, 2.45) is 0 Å². The zero-order chi connectivity index (χ0) is 71.5. The predicted molar refractivity (Wildman–Crippen MR) is 422 cm³/mol. The van der Waals surface area contributed by atoms with Gasteiger partial charge in [0.05, 0.1) is 73.4 Å². The van der Waals surface area contributed by atoms with Gasteiger partial charge < -0.3 is 48.4 Å². The van der Waals surface area contributed by atoms with Crippen LogP contribution in [0.4, 0.5) is 22.7 Å². The van der Waals surface area contributed by atoms with E-state index >= 15 is 0 Å². The SMILES string of the molecule is Cc1ccc(Cn2cc(NC(=O)c3ccoc3C)c3ccccc32)cc1.Cc1ccc(Cn2cc(NC(=O)c3cnco3)c3ccccc32)cc1.Cc1ccc(Cn2cc(NC(=O)c3cscc3Br)c3ccccc32)cc1.Cc1ccc(Cn2cc(NC(=O)c3sccc3Cl)c3ccccc32)cc1. The molecule has 16 aromatic rings. The van der Waals surface area contributed by atoms with Crippen LogP contribution in [0.1, 0.15) is 91.2 Å². The highest BCUT2D eigenvalue weighted by Crippen LogP contribution is 2.34. The number of anilines is 4. The first-order chi connectivity index (χ1) is 50.0. The molecule has 8 heterocycles. The molecular weight excluding hydrogens is 1410 g/mol. The maximum atomic E-state index is 12.6. The summed E-state index contributed by atoms with van der Waals surface area (Å²) in [5.74, 6) is 0.0612. The zero-order valence-electron chi connectivity index (χ0n) is 57.0. The Kier molecular flexibility index (Phi) is 21.7. The molecule has 0 unspecified atom stereocenters. The summed E-state index contributed by atoms with van der Waals surface area (Å²) in [5, 5.41) is 22.1. The highest BCUT2D eigenvalue weighted by atomic mass is 79.9. The van der Waals surface area contributed by atoms with Gasteiger partial charge in [0.15, 0.2) is 6.39 Å². The fourth-order valence-electron chi connectivity index (χ4n) is 12.1. The fraction of sp³-hybridized carbons (Fsp3) is 0.107. The number of hydrogen-bond acceptors (Lipinski definition) is 9. The van der Waals surface area contributed by atoms with Gasteiger partial charge in [-0.05, 0) is 115 Å². The second kappa shape index (κ2) is 32.0. The lowest BCUT2D eigenvalue weighted by Gasteiger charge is -2.06. The minimum atomic E-state index is -0.310. The second-order valence-electron chi connectivity index (χ2n) is 25.0. The third-order valence-corrected chi connectivity index (χ3v) is 20.5. The number of aromatic nitrogens is 5. The first-order valence-electron chi connectivity index (χ1n) is 33.2. The Morgan fingerprint density at radius 2 is 0.786 bits per heavy atom. The van der Waals surface area contributed by atoms with E-state index in [0.29, 0.717) is 26.8 Å². The molecule has 8 aromatic carbocycles. The first-order valence-corrected chi connectivity index (χ1v) is 36.2. The van der Waals surface area contributed by atoms with E-state index in [1.54, 1.807) is 19.1 Å². The van der Waals surface area contributed by atoms with Gasteiger partial charge in [0.1, 0.15) is 10.6 Å². The summed E-state index contributed by atoms with van der Waals surface area (Å²) in [5.41, 5.74) is 18.6. The number of fused-ring (bicyclic) bond motifs is 4. The molecule has 0 bridgehead atoms. The normalized spacial score (nSPS) is 11.0. The number of carbonyl (C=O) groups excluding carboxylic acids is 4. The quantitative estimate of drug-likeness (QED) is 0.0744. The van der Waals surface area contributed by atoms with Crippen LogP contribution >= 0.6 is 50.2 Å². The zero-order valence-corrected chi connectivity index (χ0v) is 61.0. The summed E-state index contributed by atoms with van der Waals surface area (Å²) in [4.78, 5) is 54.3. The number of rotatable bonds is 16. The van der Waals surface area contributed by atoms with Crippen LogP contribution in [0.5, 0.6) is 0 Å². The van der Waals surface area contributed by atoms with Gasteiger partial charge in [-0.2, -0.15) is 11.3 Å². The molecule has 0 radical (unpaired) electrons. The highest BCUT2D eigenvalue weighted by molar-refractivity contribution is 9.10. The van der Waals surface area contributed by atoms with Crippen molar-refractivity contribution < 1.29 is 28.0 Å². The molecule has 0 saturated carbocycles. The Hall–Kier alpha value is -11.5. The molecule has 0 aliphatic heterocycles. The topological polar surface area (TPSA) is 175 Å². The van der Waals surface area contributed by atoms with Gasteiger partial charge in [0.25, 0.3) is 23.6 Å². The molecule has 0 aliphatic carbocycles. The molecule has 0 atom stereocenters. The average molecular weight is 1480 g/mol. The van der Waals surface area contributed by atoms with E-state index < -0.39 is 0 Å². The van der Waals surface area contributed by atoms with Crippen molar-refractivity contribution in [3.8, 4) is 0 Å². The molecule has 15 nitrogen and oxygen atoms in total. The largest absolute Gasteiger partial charge is 0.469 e. The monoisotopic (exact) mass is 1480 g/mol. The number of oxazole rings is 1. The number of nitrogens with one attached hydrogen (secondary N) is 4. The van der Waals surface area contributed by atoms with Crippen molar-refractivity contribution in [1.82, 2.24) is 23.3 Å². The molecule has 19 heteroatoms. The van der Waals surface area contributed by atoms with Gasteiger partial charge in [0, 0.05) is 87.7 Å². The lowest BCUT2D eigenvalue weighted by Crippen LogP contribution is -2.11. The molecule has 0 fully saturated rings. The van der Waals surface area contributed by atoms with Crippen molar-refractivity contribution in [2.45, 2.75) is 60.8 Å². The van der Waals surface area contributed by atoms with Crippen molar-refractivity contribution in [3.63, 3.8) is 0 Å². The van der Waals surface area contributed by atoms with Crippen LogP contribution in [0.15, 0.2) is 279 Å². The molecule has 514 valence electrons. The number of thiophene rings is 2. The maximum Gasteiger partial charge on any atom is 0.293 e. The molecule has 16 rings (SSSR count). The molecule has 8 aromatic heterocycles. The highest BCUT2D eigenvalue weighted by Gasteiger charge is 2.20. The summed E-state index contributed by atoms with van der Waals surface area (Å²) in [6, 6.07) is 69.7. The van der Waals surface area contributed by atoms with Crippen molar-refractivity contribution in [1.29, 1.82) is 0 Å². The van der Waals surface area contributed by atoms with Crippen LogP contribution in [0.2, 0.25) is 5.02 Å². The van der Waals surface area contributed by atoms with Crippen molar-refractivity contribution in [2.75, 3.05) is 21.3 Å². The second-order valence-corrected chi connectivity index (χ2v) is 27.9. The summed E-state index contributed by atoms with van der Waals surface area (Å²) >= 11 is 12.4. The summed E-state index contributed by atoms with van der Waals surface area (Å²) in [6.07, 6.45) is 12.1. The maximum absolute atomic E-state index is 12.6. The van der Waals surface area contributed by atoms with Gasteiger partial charge in [-0.25, -0.2) is 4.98 Å². The number of aryl methyl sites for hydroxylation is 5. The van der Waals surface area contributed by atoms with E-state index in [9.17, 15) is 19.2 Å². The molecular formula is C84H71BrClN9O6S2. The Bertz CT molecular complexity index is 5230. The van der Waals surface area contributed by atoms with Gasteiger partial charge in [0.2, 0.25) is 5.76 Å². The Balaban J connectivity index is 0.000000122. The minimum Gasteiger partial charge on any atom is -0.469 e. The van der Waals surface area contributed by atoms with Gasteiger partial charge in [-0.15, -0.1) is 11.3 Å². The smallest absolute Gasteiger partial charge is 0.293 e. The van der Waals surface area contributed by atoms with Crippen LogP contribution in [-0.2, 0) is 26.2 Å². The summed E-state index contributed by atoms with van der Waals surface area (Å²) in [6.45, 7) is 13.1. The number of halogens is 2. The van der Waals surface area contributed by atoms with E-state index in [1.807, 2.05) is 120 Å². The van der Waals surface area contributed by atoms with E-state index in [0.717, 1.165) is 97.0 Å². The minimum absolute atomic E-state index is 0.101. The number of carbonyl (C=O) groups is 4. The Morgan fingerprint density at radius 1 is 0.427 bits per heavy atom. The van der Waals surface area contributed by atoms with Gasteiger partial charge in [-0.1, -0.05) is 204 Å². The number of furan rings is 1. The Labute approximate surface area is 616 Å². The molecule has 0 aliphatic rings. The number of nitrogens with zero attached hydrogens (tertiary/aromatic N) is 5. The van der Waals surface area contributed by atoms with Gasteiger partial charge >= 0.3 is 0 Å². The number of benzene rings is 8. The lowest BCUT2D eigenvalue weighted by molar-refractivity contribution is 0.0993. The van der Waals surface area contributed by atoms with Crippen LogP contribution in [-0.4, -0.2) is 46.9 Å². The molecule has 0 spiro atoms. The molecule has 4 N–H and O–H groups in total. The lowest BCUT2D eigenvalue weighted by atomic mass is 10.1. The fourth-order valence-corrected chi connectivity index (χ4v) is 14.5. The molecule has 103 heavy (non-hydrogen) atoms. The number of hydrogen-bond donors (Lipinski definition) is 4. The summed E-state index contributed by atoms with van der Waals surface area (Å²) in [7, 11) is 0. The van der Waals surface area contributed by atoms with Crippen LogP contribution in [0.25, 0.3) is 43.6 Å².